The molecule has 7 aromatic carbocycles. The van der Waals surface area contributed by atoms with E-state index < -0.39 is 23.0 Å². The van der Waals surface area contributed by atoms with Crippen molar-refractivity contribution in [1.29, 1.82) is 0 Å². The lowest BCUT2D eigenvalue weighted by Crippen LogP contribution is -2.23. The molecule has 4 N–H and O–H groups in total. The van der Waals surface area contributed by atoms with E-state index in [1.807, 2.05) is 171 Å². The molecule has 0 bridgehead atoms. The average molecular weight is 811 g/mol. The van der Waals surface area contributed by atoms with E-state index in [1.165, 1.54) is 0 Å². The van der Waals surface area contributed by atoms with Crippen LogP contribution in [0.4, 0.5) is 22.7 Å². The van der Waals surface area contributed by atoms with Crippen LogP contribution in [0, 0.1) is 0 Å². The van der Waals surface area contributed by atoms with Crippen LogP contribution in [0.3, 0.4) is 0 Å². The molecule has 1 aliphatic heterocycles. The Hall–Kier alpha value is -8.22. The first-order valence-corrected chi connectivity index (χ1v) is 20.4. The summed E-state index contributed by atoms with van der Waals surface area (Å²) in [5.74, 6) is -2.33. The second-order valence-corrected chi connectivity index (χ2v) is 14.8. The number of hydrogen-bond donors (Lipinski definition) is 4. The summed E-state index contributed by atoms with van der Waals surface area (Å²) in [5, 5.41) is 47.2. The molecule has 7 aromatic rings. The summed E-state index contributed by atoms with van der Waals surface area (Å²) in [7, 11) is 0. The molecule has 6 heteroatoms. The van der Waals surface area contributed by atoms with Gasteiger partial charge >= 0.3 is 0 Å². The molecule has 304 valence electrons. The molecule has 0 spiro atoms. The number of para-hydroxylation sites is 1. The molecule has 6 nitrogen and oxygen atoms in total. The summed E-state index contributed by atoms with van der Waals surface area (Å²) in [5.41, 5.74) is 10.8. The summed E-state index contributed by atoms with van der Waals surface area (Å²) < 4.78 is 0. The molecule has 0 radical (unpaired) electrons. The molecule has 0 unspecified atom stereocenters. The fourth-order valence-corrected chi connectivity index (χ4v) is 7.93. The van der Waals surface area contributed by atoms with Crippen LogP contribution < -0.4 is 9.80 Å². The maximum absolute atomic E-state index is 11.9. The number of nitrogens with zero attached hydrogens (tertiary/aromatic N) is 2. The summed E-state index contributed by atoms with van der Waals surface area (Å²) in [6.45, 7) is 11.0. The topological polar surface area (TPSA) is 87.4 Å². The molecule has 0 amide bonds. The van der Waals surface area contributed by atoms with Crippen LogP contribution in [0.15, 0.2) is 230 Å². The molecule has 0 atom stereocenters. The predicted octanol–water partition coefficient (Wildman–Crippen LogP) is 14.2. The molecule has 0 fully saturated rings. The smallest absolute Gasteiger partial charge is 0.186 e. The van der Waals surface area contributed by atoms with Crippen molar-refractivity contribution in [3.05, 3.63) is 230 Å². The SMILES string of the molecule is C=C/C1=C(\C=C/C)N(c2ccccc2-c2ccc(N(c3ccc(-c4ccccc4)cc3)c3c(O)c(O)c(-c4ccc(-c5ccccc5)cc4)c(O)c3O)cc2)C/C=C\C=C/C1=C. The zero-order valence-corrected chi connectivity index (χ0v) is 34.4. The van der Waals surface area contributed by atoms with E-state index in [-0.39, 0.29) is 11.3 Å². The van der Waals surface area contributed by atoms with Crippen LogP contribution in [-0.2, 0) is 0 Å². The minimum absolute atomic E-state index is 0.0882. The van der Waals surface area contributed by atoms with E-state index in [1.54, 1.807) is 17.0 Å². The zero-order valence-electron chi connectivity index (χ0n) is 34.4. The van der Waals surface area contributed by atoms with Gasteiger partial charge in [0.05, 0.1) is 5.56 Å². The largest absolute Gasteiger partial charge is 0.504 e. The molecular formula is C56H46N2O4. The first kappa shape index (κ1) is 40.6. The quantitative estimate of drug-likeness (QED) is 0.0813. The summed E-state index contributed by atoms with van der Waals surface area (Å²) in [6, 6.07) is 50.6. The van der Waals surface area contributed by atoms with Crippen LogP contribution in [0.2, 0.25) is 0 Å². The fourth-order valence-electron chi connectivity index (χ4n) is 7.93. The Bertz CT molecular complexity index is 2840. The number of allylic oxidation sites excluding steroid dienone is 8. The Morgan fingerprint density at radius 3 is 1.58 bits per heavy atom. The molecule has 0 saturated heterocycles. The van der Waals surface area contributed by atoms with E-state index in [0.717, 1.165) is 55.9 Å². The van der Waals surface area contributed by atoms with Gasteiger partial charge in [0.2, 0.25) is 0 Å². The predicted molar refractivity (Wildman–Crippen MR) is 256 cm³/mol. The van der Waals surface area contributed by atoms with Gasteiger partial charge in [0.25, 0.3) is 0 Å². The summed E-state index contributed by atoms with van der Waals surface area (Å²) >= 11 is 0. The van der Waals surface area contributed by atoms with Gasteiger partial charge in [-0.2, -0.15) is 0 Å². The number of phenols is 4. The molecule has 62 heavy (non-hydrogen) atoms. The van der Waals surface area contributed by atoms with E-state index in [0.29, 0.717) is 23.5 Å². The van der Waals surface area contributed by atoms with Gasteiger partial charge in [0.15, 0.2) is 23.0 Å². The van der Waals surface area contributed by atoms with Gasteiger partial charge in [-0.1, -0.05) is 177 Å². The van der Waals surface area contributed by atoms with Crippen molar-refractivity contribution >= 4 is 22.7 Å². The number of phenolic OH excluding ortho intramolecular Hbond substituents is 4. The lowest BCUT2D eigenvalue weighted by molar-refractivity contribution is 0.377. The van der Waals surface area contributed by atoms with Gasteiger partial charge in [-0.05, 0) is 82.3 Å². The van der Waals surface area contributed by atoms with Crippen molar-refractivity contribution in [1.82, 2.24) is 0 Å². The van der Waals surface area contributed by atoms with Crippen molar-refractivity contribution in [3.8, 4) is 67.5 Å². The number of hydrogen-bond acceptors (Lipinski definition) is 6. The van der Waals surface area contributed by atoms with Gasteiger partial charge in [-0.15, -0.1) is 0 Å². The third-order valence-corrected chi connectivity index (χ3v) is 11.0. The van der Waals surface area contributed by atoms with E-state index in [4.69, 9.17) is 0 Å². The van der Waals surface area contributed by atoms with Crippen molar-refractivity contribution < 1.29 is 20.4 Å². The van der Waals surface area contributed by atoms with Crippen LogP contribution in [0.25, 0.3) is 44.5 Å². The molecule has 1 heterocycles. The van der Waals surface area contributed by atoms with Crippen molar-refractivity contribution in [3.63, 3.8) is 0 Å². The molecule has 8 rings (SSSR count). The first-order chi connectivity index (χ1) is 30.3. The van der Waals surface area contributed by atoms with E-state index in [9.17, 15) is 20.4 Å². The average Bonchev–Trinajstić information content (AvgIpc) is 3.39. The molecule has 1 aliphatic rings. The standard InChI is InChI=1S/C56H46N2O4/c1-4-17-49-47(5-2)38(3)18-9-8-16-37-57(49)50-24-15-14-23-48(50)43-31-35-46(36-32-43)58(45-33-29-42(30-34-45)40-21-12-7-13-22-40)52-55(61)53(59)51(54(60)56(52)62)44-27-25-41(26-28-44)39-19-10-6-11-20-39/h4-36,59-62H,2-3,37H2,1H3/b16-8-,17-4-,18-9-,49-47-. The van der Waals surface area contributed by atoms with Gasteiger partial charge < -0.3 is 30.2 Å². The van der Waals surface area contributed by atoms with Gasteiger partial charge in [-0.25, -0.2) is 0 Å². The molecule has 0 saturated carbocycles. The normalized spacial score (nSPS) is 15.1. The van der Waals surface area contributed by atoms with E-state index in [2.05, 4.69) is 42.3 Å². The van der Waals surface area contributed by atoms with Crippen LogP contribution >= 0.6 is 0 Å². The highest BCUT2D eigenvalue weighted by molar-refractivity contribution is 5.95. The third-order valence-electron chi connectivity index (χ3n) is 11.0. The number of benzene rings is 7. The van der Waals surface area contributed by atoms with Crippen LogP contribution in [0.1, 0.15) is 6.92 Å². The van der Waals surface area contributed by atoms with Gasteiger partial charge in [0, 0.05) is 40.4 Å². The van der Waals surface area contributed by atoms with Crippen molar-refractivity contribution in [2.24, 2.45) is 0 Å². The Morgan fingerprint density at radius 1 is 0.548 bits per heavy atom. The van der Waals surface area contributed by atoms with Crippen molar-refractivity contribution in [2.75, 3.05) is 16.3 Å². The second-order valence-electron chi connectivity index (χ2n) is 14.8. The summed E-state index contributed by atoms with van der Waals surface area (Å²) in [6.07, 6.45) is 14.0. The Kier molecular flexibility index (Phi) is 11.7. The zero-order chi connectivity index (χ0) is 43.2. The first-order valence-electron chi connectivity index (χ1n) is 20.4. The maximum atomic E-state index is 11.9. The third kappa shape index (κ3) is 7.93. The molecule has 0 aromatic heterocycles. The van der Waals surface area contributed by atoms with Gasteiger partial charge in [0.1, 0.15) is 5.69 Å². The van der Waals surface area contributed by atoms with Crippen LogP contribution in [-0.4, -0.2) is 27.0 Å². The van der Waals surface area contributed by atoms with E-state index >= 15 is 0 Å². The Morgan fingerprint density at radius 2 is 1.03 bits per heavy atom. The van der Waals surface area contributed by atoms with Crippen molar-refractivity contribution in [2.45, 2.75) is 6.92 Å². The number of aromatic hydroxyl groups is 4. The number of anilines is 4. The fraction of sp³-hybridized carbons (Fsp3) is 0.0357. The minimum atomic E-state index is -0.595. The highest BCUT2D eigenvalue weighted by Crippen LogP contribution is 2.58. The van der Waals surface area contributed by atoms with Gasteiger partial charge in [-0.3, -0.25) is 0 Å². The highest BCUT2D eigenvalue weighted by Gasteiger charge is 2.30. The lowest BCUT2D eigenvalue weighted by atomic mass is 9.97. The minimum Gasteiger partial charge on any atom is -0.504 e. The molecule has 0 aliphatic carbocycles. The molecular weight excluding hydrogens is 765 g/mol. The number of rotatable bonds is 10. The van der Waals surface area contributed by atoms with Crippen LogP contribution in [0.5, 0.6) is 23.0 Å². The Balaban J connectivity index is 1.24. The highest BCUT2D eigenvalue weighted by atomic mass is 16.3. The Labute approximate surface area is 362 Å². The lowest BCUT2D eigenvalue weighted by Gasteiger charge is -2.30. The second kappa shape index (κ2) is 18.0. The maximum Gasteiger partial charge on any atom is 0.186 e. The summed E-state index contributed by atoms with van der Waals surface area (Å²) in [4.78, 5) is 3.87. The monoisotopic (exact) mass is 810 g/mol.